The van der Waals surface area contributed by atoms with Crippen LogP contribution in [-0.2, 0) is 14.4 Å². The highest BCUT2D eigenvalue weighted by Crippen LogP contribution is 1.58. The summed E-state index contributed by atoms with van der Waals surface area (Å²) >= 11 is 0. The SMILES string of the molecule is [NH]C(=O)C(=O)[C]=O. The third-order valence-electron chi connectivity index (χ3n) is 0.299. The van der Waals surface area contributed by atoms with Crippen molar-refractivity contribution in [3.63, 3.8) is 0 Å². The van der Waals surface area contributed by atoms with Crippen molar-refractivity contribution in [2.24, 2.45) is 0 Å². The van der Waals surface area contributed by atoms with Gasteiger partial charge in [0.1, 0.15) is 0 Å². The van der Waals surface area contributed by atoms with Crippen molar-refractivity contribution in [3.05, 3.63) is 0 Å². The number of hydrogen-bond donors (Lipinski definition) is 0. The lowest BCUT2D eigenvalue weighted by Crippen LogP contribution is -2.14. The fourth-order valence-electron chi connectivity index (χ4n) is 0.0463. The largest absolute Gasteiger partial charge is 0.314 e. The van der Waals surface area contributed by atoms with E-state index in [0.29, 0.717) is 0 Å². The highest BCUT2D eigenvalue weighted by atomic mass is 16.2. The predicted molar refractivity (Wildman–Crippen MR) is 18.8 cm³/mol. The van der Waals surface area contributed by atoms with Crippen molar-refractivity contribution in [3.8, 4) is 0 Å². The molecule has 0 unspecified atom stereocenters. The van der Waals surface area contributed by atoms with Crippen LogP contribution in [0.25, 0.3) is 0 Å². The molecular formula is C3HNO3. The van der Waals surface area contributed by atoms with Crippen LogP contribution in [0.1, 0.15) is 0 Å². The highest BCUT2D eigenvalue weighted by molar-refractivity contribution is 6.56. The van der Waals surface area contributed by atoms with Gasteiger partial charge in [0.2, 0.25) is 0 Å². The van der Waals surface area contributed by atoms with E-state index in [9.17, 15) is 9.59 Å². The molecule has 4 heteroatoms. The molecule has 1 N–H and O–H groups in total. The van der Waals surface area contributed by atoms with Gasteiger partial charge in [-0.2, -0.15) is 0 Å². The molecule has 0 rings (SSSR count). The molecule has 0 saturated carbocycles. The van der Waals surface area contributed by atoms with Crippen LogP contribution in [0.5, 0.6) is 0 Å². The lowest BCUT2D eigenvalue weighted by Gasteiger charge is -1.70. The second-order valence-corrected chi connectivity index (χ2v) is 0.760. The number of nitrogens with one attached hydrogen (secondary N) is 1. The smallest absolute Gasteiger partial charge is 0.281 e. The van der Waals surface area contributed by atoms with E-state index in [1.54, 1.807) is 0 Å². The maximum absolute atomic E-state index is 9.55. The standard InChI is InChI=1S/C3HNO3/c4-3(7)2(6)1-5/h4H. The van der Waals surface area contributed by atoms with Gasteiger partial charge in [-0.25, -0.2) is 0 Å². The molecule has 0 aliphatic carbocycles. The van der Waals surface area contributed by atoms with E-state index in [1.165, 1.54) is 0 Å². The van der Waals surface area contributed by atoms with E-state index in [2.05, 4.69) is 0 Å². The third-order valence-corrected chi connectivity index (χ3v) is 0.299. The Morgan fingerprint density at radius 3 is 1.86 bits per heavy atom. The molecule has 0 fully saturated rings. The Labute approximate surface area is 39.3 Å². The van der Waals surface area contributed by atoms with Gasteiger partial charge in [0.25, 0.3) is 12.1 Å². The minimum atomic E-state index is -1.52. The molecular weight excluding hydrogens is 98.0 g/mol. The van der Waals surface area contributed by atoms with Crippen molar-refractivity contribution in [1.82, 2.24) is 5.73 Å². The van der Waals surface area contributed by atoms with Gasteiger partial charge < -0.3 is 0 Å². The van der Waals surface area contributed by atoms with E-state index < -0.39 is 11.7 Å². The maximum atomic E-state index is 9.55. The Hall–Kier alpha value is -1.19. The lowest BCUT2D eigenvalue weighted by atomic mass is 10.4. The summed E-state index contributed by atoms with van der Waals surface area (Å²) in [5, 5.41) is 0. The molecule has 0 aromatic rings. The quantitative estimate of drug-likeness (QED) is 0.311. The number of rotatable bonds is 2. The number of amides is 1. The molecule has 0 saturated heterocycles. The minimum absolute atomic E-state index is 0.738. The fourth-order valence-corrected chi connectivity index (χ4v) is 0.0463. The summed E-state index contributed by atoms with van der Waals surface area (Å²) in [7, 11) is 0. The molecule has 1 amide bonds. The van der Waals surface area contributed by atoms with Gasteiger partial charge in [-0.3, -0.25) is 20.1 Å². The zero-order valence-electron chi connectivity index (χ0n) is 3.22. The molecule has 0 aliphatic rings. The molecule has 2 radical (unpaired) electrons. The Bertz CT molecular complexity index is 117. The van der Waals surface area contributed by atoms with Crippen LogP contribution in [0.15, 0.2) is 0 Å². The fraction of sp³-hybridized carbons (Fsp3) is 0. The summed E-state index contributed by atoms with van der Waals surface area (Å²) in [6, 6.07) is 0. The summed E-state index contributed by atoms with van der Waals surface area (Å²) in [5.41, 5.74) is 5.93. The summed E-state index contributed by atoms with van der Waals surface area (Å²) in [4.78, 5) is 28.1. The van der Waals surface area contributed by atoms with E-state index >= 15 is 0 Å². The van der Waals surface area contributed by atoms with Crippen molar-refractivity contribution in [2.45, 2.75) is 0 Å². The monoisotopic (exact) mass is 99.0 g/mol. The van der Waals surface area contributed by atoms with E-state index in [4.69, 9.17) is 10.5 Å². The van der Waals surface area contributed by atoms with Crippen LogP contribution in [-0.4, -0.2) is 18.0 Å². The summed E-state index contributed by atoms with van der Waals surface area (Å²) in [6.07, 6.45) is 0.738. The molecule has 4 nitrogen and oxygen atoms in total. The van der Waals surface area contributed by atoms with E-state index in [0.717, 1.165) is 6.29 Å². The summed E-state index contributed by atoms with van der Waals surface area (Å²) in [5.74, 6) is -2.95. The van der Waals surface area contributed by atoms with E-state index in [1.807, 2.05) is 0 Å². The average molecular weight is 99.0 g/mol. The molecule has 0 spiro atoms. The number of carbonyl (C=O) groups is 2. The van der Waals surface area contributed by atoms with Crippen LogP contribution in [0.2, 0.25) is 0 Å². The van der Waals surface area contributed by atoms with Crippen LogP contribution in [0, 0.1) is 0 Å². The number of Topliss-reactive ketones (excluding diaryl/α,β-unsaturated/α-hetero) is 1. The molecule has 36 valence electrons. The van der Waals surface area contributed by atoms with Crippen molar-refractivity contribution >= 4 is 18.0 Å². The summed E-state index contributed by atoms with van der Waals surface area (Å²) < 4.78 is 0. The normalized spacial score (nSPS) is 7.43. The highest BCUT2D eigenvalue weighted by Gasteiger charge is 2.06. The number of hydrogen-bond acceptors (Lipinski definition) is 3. The van der Waals surface area contributed by atoms with Gasteiger partial charge in [0.05, 0.1) is 0 Å². The third kappa shape index (κ3) is 1.64. The van der Waals surface area contributed by atoms with Gasteiger partial charge in [0, 0.05) is 0 Å². The Balaban J connectivity index is 3.81. The number of ketones is 1. The molecule has 0 aliphatic heterocycles. The van der Waals surface area contributed by atoms with Gasteiger partial charge >= 0.3 is 5.91 Å². The molecule has 0 aromatic heterocycles. The van der Waals surface area contributed by atoms with Crippen molar-refractivity contribution in [2.75, 3.05) is 0 Å². The predicted octanol–water partition coefficient (Wildman–Crippen LogP) is -1.53. The first-order valence-corrected chi connectivity index (χ1v) is 1.36. The topological polar surface area (TPSA) is 75.0 Å². The van der Waals surface area contributed by atoms with Crippen LogP contribution >= 0.6 is 0 Å². The Morgan fingerprint density at radius 1 is 1.43 bits per heavy atom. The summed E-state index contributed by atoms with van der Waals surface area (Å²) in [6.45, 7) is 0. The second kappa shape index (κ2) is 2.07. The zero-order chi connectivity index (χ0) is 5.86. The molecule has 0 heterocycles. The van der Waals surface area contributed by atoms with Gasteiger partial charge in [0.15, 0.2) is 0 Å². The second-order valence-electron chi connectivity index (χ2n) is 0.760. The lowest BCUT2D eigenvalue weighted by molar-refractivity contribution is -0.132. The maximum Gasteiger partial charge on any atom is 0.314 e. The Kier molecular flexibility index (Phi) is 1.72. The van der Waals surface area contributed by atoms with Crippen molar-refractivity contribution in [1.29, 1.82) is 0 Å². The first kappa shape index (κ1) is 5.81. The van der Waals surface area contributed by atoms with Gasteiger partial charge in [-0.15, -0.1) is 0 Å². The molecule has 0 aromatic carbocycles. The van der Waals surface area contributed by atoms with Crippen LogP contribution in [0.3, 0.4) is 0 Å². The van der Waals surface area contributed by atoms with Gasteiger partial charge in [-0.05, 0) is 0 Å². The molecule has 0 atom stereocenters. The van der Waals surface area contributed by atoms with Crippen LogP contribution < -0.4 is 5.73 Å². The average Bonchev–Trinajstić information content (AvgIpc) is 1.65. The Morgan fingerprint density at radius 2 is 1.86 bits per heavy atom. The van der Waals surface area contributed by atoms with Crippen LogP contribution in [0.4, 0.5) is 0 Å². The van der Waals surface area contributed by atoms with Crippen molar-refractivity contribution < 1.29 is 14.4 Å². The zero-order valence-corrected chi connectivity index (χ0v) is 3.22. The van der Waals surface area contributed by atoms with Gasteiger partial charge in [-0.1, -0.05) is 0 Å². The molecule has 0 bridgehead atoms. The number of carbonyl (C=O) groups excluding carboxylic acids is 3. The molecule has 7 heavy (non-hydrogen) atoms. The minimum Gasteiger partial charge on any atom is -0.281 e. The van der Waals surface area contributed by atoms with E-state index in [-0.39, 0.29) is 0 Å². The first-order valence-electron chi connectivity index (χ1n) is 1.36. The first-order chi connectivity index (χ1) is 3.18.